The number of rotatable bonds is 2. The van der Waals surface area contributed by atoms with Gasteiger partial charge in [-0.3, -0.25) is 4.79 Å². The van der Waals surface area contributed by atoms with Crippen molar-refractivity contribution in [3.05, 3.63) is 34.9 Å². The Kier molecular flexibility index (Phi) is 3.24. The summed E-state index contributed by atoms with van der Waals surface area (Å²) in [5, 5.41) is 0. The number of Topliss-reactive ketones (excluding diaryl/α,β-unsaturated/α-hetero) is 1. The second kappa shape index (κ2) is 4.77. The van der Waals surface area contributed by atoms with Gasteiger partial charge in [-0.2, -0.15) is 0 Å². The normalized spacial score (nSPS) is 25.1. The summed E-state index contributed by atoms with van der Waals surface area (Å²) in [6.45, 7) is 4.53. The van der Waals surface area contributed by atoms with Crippen molar-refractivity contribution in [2.45, 2.75) is 58.8 Å². The van der Waals surface area contributed by atoms with E-state index in [0.29, 0.717) is 5.78 Å². The van der Waals surface area contributed by atoms with Gasteiger partial charge < -0.3 is 0 Å². The van der Waals surface area contributed by atoms with Crippen LogP contribution in [0, 0.1) is 11.3 Å². The average molecular weight is 256 g/mol. The van der Waals surface area contributed by atoms with Gasteiger partial charge in [-0.05, 0) is 54.7 Å². The van der Waals surface area contributed by atoms with E-state index in [0.717, 1.165) is 18.4 Å². The molecule has 0 aliphatic heterocycles. The van der Waals surface area contributed by atoms with E-state index in [9.17, 15) is 4.79 Å². The smallest absolute Gasteiger partial charge is 0.166 e. The van der Waals surface area contributed by atoms with E-state index in [-0.39, 0.29) is 11.3 Å². The second-order valence-corrected chi connectivity index (χ2v) is 6.99. The fourth-order valence-electron chi connectivity index (χ4n) is 3.91. The summed E-state index contributed by atoms with van der Waals surface area (Å²) in [6.07, 6.45) is 8.36. The van der Waals surface area contributed by atoms with Crippen LogP contribution in [-0.2, 0) is 12.8 Å². The predicted molar refractivity (Wildman–Crippen MR) is 78.5 cm³/mol. The van der Waals surface area contributed by atoms with Crippen LogP contribution in [-0.4, -0.2) is 5.78 Å². The lowest BCUT2D eigenvalue weighted by Gasteiger charge is -2.37. The van der Waals surface area contributed by atoms with E-state index in [4.69, 9.17) is 0 Å². The highest BCUT2D eigenvalue weighted by atomic mass is 16.1. The molecule has 3 rings (SSSR count). The molecular weight excluding hydrogens is 232 g/mol. The zero-order valence-corrected chi connectivity index (χ0v) is 12.2. The van der Waals surface area contributed by atoms with Gasteiger partial charge in [0.15, 0.2) is 5.78 Å². The summed E-state index contributed by atoms with van der Waals surface area (Å²) >= 11 is 0. The highest BCUT2D eigenvalue weighted by Crippen LogP contribution is 2.42. The first-order valence-corrected chi connectivity index (χ1v) is 7.74. The Morgan fingerprint density at radius 3 is 2.68 bits per heavy atom. The molecule has 1 heteroatoms. The quantitative estimate of drug-likeness (QED) is 0.708. The third kappa shape index (κ3) is 2.35. The maximum Gasteiger partial charge on any atom is 0.166 e. The van der Waals surface area contributed by atoms with E-state index in [1.165, 1.54) is 43.2 Å². The maximum absolute atomic E-state index is 12.8. The molecule has 1 atom stereocenters. The van der Waals surface area contributed by atoms with Gasteiger partial charge in [-0.1, -0.05) is 38.8 Å². The summed E-state index contributed by atoms with van der Waals surface area (Å²) in [5.74, 6) is 0.611. The van der Waals surface area contributed by atoms with Gasteiger partial charge in [0.05, 0.1) is 0 Å². The lowest BCUT2D eigenvalue weighted by molar-refractivity contribution is 0.0697. The lowest BCUT2D eigenvalue weighted by Crippen LogP contribution is -2.34. The zero-order valence-electron chi connectivity index (χ0n) is 12.2. The summed E-state index contributed by atoms with van der Waals surface area (Å²) in [7, 11) is 0. The first-order valence-electron chi connectivity index (χ1n) is 7.74. The number of hydrogen-bond donors (Lipinski definition) is 0. The molecule has 0 amide bonds. The molecule has 2 aliphatic rings. The van der Waals surface area contributed by atoms with E-state index >= 15 is 0 Å². The molecule has 1 fully saturated rings. The van der Waals surface area contributed by atoms with Gasteiger partial charge in [0.2, 0.25) is 0 Å². The lowest BCUT2D eigenvalue weighted by atomic mass is 9.66. The molecule has 0 N–H and O–H groups in total. The van der Waals surface area contributed by atoms with E-state index in [1.807, 2.05) is 0 Å². The molecular formula is C18H24O. The number of hydrogen-bond acceptors (Lipinski definition) is 1. The monoisotopic (exact) mass is 256 g/mol. The molecule has 102 valence electrons. The van der Waals surface area contributed by atoms with Crippen LogP contribution >= 0.6 is 0 Å². The topological polar surface area (TPSA) is 17.1 Å². The van der Waals surface area contributed by atoms with E-state index < -0.39 is 0 Å². The summed E-state index contributed by atoms with van der Waals surface area (Å²) in [5.41, 5.74) is 4.01. The Morgan fingerprint density at radius 2 is 1.89 bits per heavy atom. The van der Waals surface area contributed by atoms with Crippen LogP contribution in [0.4, 0.5) is 0 Å². The Hall–Kier alpha value is -1.11. The predicted octanol–water partition coefficient (Wildman–Crippen LogP) is 4.57. The zero-order chi connectivity index (χ0) is 13.5. The molecule has 0 aromatic heterocycles. The average Bonchev–Trinajstić information content (AvgIpc) is 2.84. The van der Waals surface area contributed by atoms with Crippen LogP contribution < -0.4 is 0 Å². The molecule has 1 aromatic rings. The van der Waals surface area contributed by atoms with Crippen molar-refractivity contribution in [1.29, 1.82) is 0 Å². The van der Waals surface area contributed by atoms with Crippen molar-refractivity contribution >= 4 is 5.78 Å². The number of aryl methyl sites for hydroxylation is 2. The molecule has 1 nitrogen and oxygen atoms in total. The minimum atomic E-state index is 0.175. The van der Waals surface area contributed by atoms with Gasteiger partial charge in [0, 0.05) is 11.5 Å². The second-order valence-electron chi connectivity index (χ2n) is 6.99. The molecule has 0 heterocycles. The Labute approximate surface area is 116 Å². The third-order valence-corrected chi connectivity index (χ3v) is 5.21. The largest absolute Gasteiger partial charge is 0.294 e. The first-order chi connectivity index (χ1) is 9.08. The molecule has 0 bridgehead atoms. The van der Waals surface area contributed by atoms with Gasteiger partial charge in [0.1, 0.15) is 0 Å². The van der Waals surface area contributed by atoms with Crippen molar-refractivity contribution < 1.29 is 4.79 Å². The Balaban J connectivity index is 1.87. The van der Waals surface area contributed by atoms with Crippen LogP contribution in [0.5, 0.6) is 0 Å². The van der Waals surface area contributed by atoms with Crippen molar-refractivity contribution in [1.82, 2.24) is 0 Å². The molecule has 2 aliphatic carbocycles. The summed E-state index contributed by atoms with van der Waals surface area (Å²) in [6, 6.07) is 6.43. The Bertz CT molecular complexity index is 498. The van der Waals surface area contributed by atoms with Gasteiger partial charge in [-0.15, -0.1) is 0 Å². The molecule has 19 heavy (non-hydrogen) atoms. The van der Waals surface area contributed by atoms with Crippen molar-refractivity contribution in [2.75, 3.05) is 0 Å². The molecule has 0 saturated heterocycles. The molecule has 0 radical (unpaired) electrons. The van der Waals surface area contributed by atoms with Crippen molar-refractivity contribution in [2.24, 2.45) is 11.3 Å². The fraction of sp³-hybridized carbons (Fsp3) is 0.611. The number of ketones is 1. The van der Waals surface area contributed by atoms with Crippen LogP contribution in [0.2, 0.25) is 0 Å². The third-order valence-electron chi connectivity index (χ3n) is 5.21. The number of fused-ring (bicyclic) bond motifs is 1. The van der Waals surface area contributed by atoms with Crippen molar-refractivity contribution in [3.8, 4) is 0 Å². The fourth-order valence-corrected chi connectivity index (χ4v) is 3.91. The standard InChI is InChI=1S/C18H24O/c1-18(2)11-4-3-8-16(18)17(19)15-10-9-13-6-5-7-14(13)12-15/h9-10,12,16H,3-8,11H2,1-2H3. The van der Waals surface area contributed by atoms with Crippen LogP contribution in [0.25, 0.3) is 0 Å². The Morgan fingerprint density at radius 1 is 1.11 bits per heavy atom. The van der Waals surface area contributed by atoms with E-state index in [1.54, 1.807) is 0 Å². The van der Waals surface area contributed by atoms with Crippen molar-refractivity contribution in [3.63, 3.8) is 0 Å². The molecule has 0 spiro atoms. The number of carbonyl (C=O) groups excluding carboxylic acids is 1. The SMILES string of the molecule is CC1(C)CCCCC1C(=O)c1ccc2c(c1)CCC2. The van der Waals surface area contributed by atoms with Crippen LogP contribution in [0.3, 0.4) is 0 Å². The highest BCUT2D eigenvalue weighted by Gasteiger charge is 2.37. The molecule has 1 aromatic carbocycles. The molecule has 1 unspecified atom stereocenters. The molecule has 1 saturated carbocycles. The van der Waals surface area contributed by atoms with Gasteiger partial charge in [-0.25, -0.2) is 0 Å². The van der Waals surface area contributed by atoms with Crippen LogP contribution in [0.1, 0.15) is 67.4 Å². The summed E-state index contributed by atoms with van der Waals surface area (Å²) < 4.78 is 0. The first kappa shape index (κ1) is 12.9. The maximum atomic E-state index is 12.8. The van der Waals surface area contributed by atoms with Gasteiger partial charge >= 0.3 is 0 Å². The van der Waals surface area contributed by atoms with Crippen LogP contribution in [0.15, 0.2) is 18.2 Å². The number of benzene rings is 1. The minimum Gasteiger partial charge on any atom is -0.294 e. The summed E-state index contributed by atoms with van der Waals surface area (Å²) in [4.78, 5) is 12.8. The van der Waals surface area contributed by atoms with Gasteiger partial charge in [0.25, 0.3) is 0 Å². The van der Waals surface area contributed by atoms with E-state index in [2.05, 4.69) is 32.0 Å². The highest BCUT2D eigenvalue weighted by molar-refractivity contribution is 5.98. The minimum absolute atomic E-state index is 0.175. The number of carbonyl (C=O) groups is 1.